The lowest BCUT2D eigenvalue weighted by molar-refractivity contribution is -0.149. The van der Waals surface area contributed by atoms with Gasteiger partial charge < -0.3 is 15.3 Å². The van der Waals surface area contributed by atoms with Crippen LogP contribution >= 0.6 is 15.9 Å². The van der Waals surface area contributed by atoms with Crippen LogP contribution in [0.3, 0.4) is 0 Å². The molecule has 0 radical (unpaired) electrons. The minimum atomic E-state index is -4.87. The minimum absolute atomic E-state index is 0.138. The van der Waals surface area contributed by atoms with Crippen molar-refractivity contribution >= 4 is 21.9 Å². The molecule has 94 valence electrons. The number of aromatic hydroxyl groups is 1. The maximum absolute atomic E-state index is 12.6. The molecule has 1 rings (SSSR count). The van der Waals surface area contributed by atoms with E-state index in [0.29, 0.717) is 6.07 Å². The molecule has 8 heteroatoms. The van der Waals surface area contributed by atoms with Gasteiger partial charge in [-0.2, -0.15) is 13.2 Å². The molecule has 17 heavy (non-hydrogen) atoms. The van der Waals surface area contributed by atoms with Gasteiger partial charge in [-0.25, -0.2) is 4.79 Å². The smallest absolute Gasteiger partial charge is 0.416 e. The Kier molecular flexibility index (Phi) is 3.68. The number of aliphatic carboxylic acids is 1. The Bertz CT molecular complexity index is 458. The molecule has 0 spiro atoms. The third-order valence-electron chi connectivity index (χ3n) is 1.95. The zero-order valence-corrected chi connectivity index (χ0v) is 9.58. The molecule has 0 fully saturated rings. The second-order valence-corrected chi connectivity index (χ2v) is 3.98. The van der Waals surface area contributed by atoms with Crippen LogP contribution in [0.2, 0.25) is 0 Å². The monoisotopic (exact) mass is 314 g/mol. The van der Waals surface area contributed by atoms with Crippen molar-refractivity contribution in [1.29, 1.82) is 0 Å². The van der Waals surface area contributed by atoms with Crippen molar-refractivity contribution in [3.05, 3.63) is 27.7 Å². The predicted molar refractivity (Wildman–Crippen MR) is 53.4 cm³/mol. The fourth-order valence-corrected chi connectivity index (χ4v) is 1.54. The van der Waals surface area contributed by atoms with E-state index in [1.807, 2.05) is 0 Å². The van der Waals surface area contributed by atoms with E-state index in [1.165, 1.54) is 0 Å². The number of benzene rings is 1. The quantitative estimate of drug-likeness (QED) is 0.782. The number of phenols is 1. The number of alkyl halides is 3. The van der Waals surface area contributed by atoms with Crippen LogP contribution < -0.4 is 0 Å². The second-order valence-electron chi connectivity index (χ2n) is 3.13. The number of rotatable bonds is 2. The summed E-state index contributed by atoms with van der Waals surface area (Å²) < 4.78 is 37.5. The molecule has 4 nitrogen and oxygen atoms in total. The van der Waals surface area contributed by atoms with Gasteiger partial charge in [-0.1, -0.05) is 0 Å². The Morgan fingerprint density at radius 3 is 2.29 bits per heavy atom. The number of aliphatic hydroxyl groups excluding tert-OH is 1. The summed E-state index contributed by atoms with van der Waals surface area (Å²) >= 11 is 2.74. The largest absolute Gasteiger partial charge is 0.507 e. The van der Waals surface area contributed by atoms with E-state index in [9.17, 15) is 18.0 Å². The summed E-state index contributed by atoms with van der Waals surface area (Å²) in [7, 11) is 0. The third-order valence-corrected chi connectivity index (χ3v) is 2.59. The van der Waals surface area contributed by atoms with Gasteiger partial charge in [0.15, 0.2) is 6.10 Å². The zero-order chi connectivity index (χ0) is 13.4. The van der Waals surface area contributed by atoms with Crippen LogP contribution in [0, 0.1) is 0 Å². The highest BCUT2D eigenvalue weighted by Crippen LogP contribution is 2.39. The van der Waals surface area contributed by atoms with Crippen molar-refractivity contribution in [2.45, 2.75) is 12.3 Å². The Morgan fingerprint density at radius 2 is 1.88 bits per heavy atom. The van der Waals surface area contributed by atoms with Gasteiger partial charge in [0.05, 0.1) is 10.0 Å². The summed E-state index contributed by atoms with van der Waals surface area (Å²) in [5.41, 5.74) is -2.23. The van der Waals surface area contributed by atoms with E-state index in [4.69, 9.17) is 15.3 Å². The lowest BCUT2D eigenvalue weighted by Crippen LogP contribution is -2.17. The van der Waals surface area contributed by atoms with Gasteiger partial charge in [-0.3, -0.25) is 0 Å². The van der Waals surface area contributed by atoms with Gasteiger partial charge in [0.2, 0.25) is 0 Å². The first kappa shape index (κ1) is 13.8. The number of carboxylic acids is 1. The second kappa shape index (κ2) is 4.53. The molecule has 0 aliphatic carbocycles. The number of phenolic OH excluding ortho intramolecular Hbond substituents is 1. The van der Waals surface area contributed by atoms with Gasteiger partial charge in [-0.05, 0) is 28.1 Å². The average molecular weight is 315 g/mol. The normalized spacial score (nSPS) is 13.5. The van der Waals surface area contributed by atoms with Crippen molar-refractivity contribution < 1.29 is 33.3 Å². The highest BCUT2D eigenvalue weighted by molar-refractivity contribution is 9.10. The highest BCUT2D eigenvalue weighted by Gasteiger charge is 2.37. The zero-order valence-electron chi connectivity index (χ0n) is 7.99. The summed E-state index contributed by atoms with van der Waals surface area (Å²) in [6.07, 6.45) is -7.19. The van der Waals surface area contributed by atoms with Crippen molar-refractivity contribution in [2.24, 2.45) is 0 Å². The number of hydrogen-bond donors (Lipinski definition) is 3. The minimum Gasteiger partial charge on any atom is -0.507 e. The van der Waals surface area contributed by atoms with E-state index < -0.39 is 35.1 Å². The summed E-state index contributed by atoms with van der Waals surface area (Å²) in [5, 5.41) is 26.8. The Balaban J connectivity index is 3.46. The van der Waals surface area contributed by atoms with E-state index in [-0.39, 0.29) is 4.47 Å². The molecule has 0 aromatic heterocycles. The summed E-state index contributed by atoms with van der Waals surface area (Å²) in [4.78, 5) is 10.5. The van der Waals surface area contributed by atoms with Gasteiger partial charge in [0.1, 0.15) is 5.75 Å². The lowest BCUT2D eigenvalue weighted by Gasteiger charge is -2.16. The topological polar surface area (TPSA) is 77.8 Å². The van der Waals surface area contributed by atoms with Crippen LogP contribution in [-0.2, 0) is 11.0 Å². The molecule has 3 N–H and O–H groups in total. The fraction of sp³-hybridized carbons (Fsp3) is 0.222. The Labute approximate surface area is 101 Å². The van der Waals surface area contributed by atoms with Crippen molar-refractivity contribution in [1.82, 2.24) is 0 Å². The first-order valence-corrected chi connectivity index (χ1v) is 4.94. The predicted octanol–water partition coefficient (Wildman–Crippen LogP) is 2.29. The van der Waals surface area contributed by atoms with Gasteiger partial charge in [0.25, 0.3) is 0 Å². The van der Waals surface area contributed by atoms with Gasteiger partial charge in [0, 0.05) is 5.56 Å². The Hall–Kier alpha value is -1.28. The van der Waals surface area contributed by atoms with Crippen LogP contribution in [0.1, 0.15) is 17.2 Å². The maximum atomic E-state index is 12.6. The number of aliphatic hydroxyl groups is 1. The van der Waals surface area contributed by atoms with Crippen LogP contribution in [0.4, 0.5) is 13.2 Å². The molecule has 0 aliphatic heterocycles. The van der Waals surface area contributed by atoms with E-state index in [0.717, 1.165) is 6.07 Å². The molecule has 1 atom stereocenters. The molecule has 0 amide bonds. The van der Waals surface area contributed by atoms with E-state index in [2.05, 4.69) is 15.9 Å². The van der Waals surface area contributed by atoms with E-state index >= 15 is 0 Å². The maximum Gasteiger partial charge on any atom is 0.416 e. The van der Waals surface area contributed by atoms with Gasteiger partial charge >= 0.3 is 12.1 Å². The first-order chi connectivity index (χ1) is 7.64. The molecule has 0 aliphatic rings. The molecule has 1 aromatic rings. The fourth-order valence-electron chi connectivity index (χ4n) is 1.18. The summed E-state index contributed by atoms with van der Waals surface area (Å²) in [5.74, 6) is -2.51. The number of hydrogen-bond acceptors (Lipinski definition) is 3. The standard InChI is InChI=1S/C9H6BrF3O4/c10-5-1-3(7(15)8(16)17)4(2-6(5)14)9(11,12)13/h1-2,7,14-15H,(H,16,17). The Morgan fingerprint density at radius 1 is 1.35 bits per heavy atom. The van der Waals surface area contributed by atoms with Crippen molar-refractivity contribution in [3.8, 4) is 5.75 Å². The average Bonchev–Trinajstić information content (AvgIpc) is 2.18. The molecular weight excluding hydrogens is 309 g/mol. The molecule has 0 saturated heterocycles. The first-order valence-electron chi connectivity index (χ1n) is 4.15. The molecule has 0 saturated carbocycles. The lowest BCUT2D eigenvalue weighted by atomic mass is 10.0. The third kappa shape index (κ3) is 2.89. The van der Waals surface area contributed by atoms with E-state index in [1.54, 1.807) is 0 Å². The molecule has 0 bridgehead atoms. The summed E-state index contributed by atoms with van der Waals surface area (Å²) in [6, 6.07) is 1.07. The van der Waals surface area contributed by atoms with Crippen LogP contribution in [0.15, 0.2) is 16.6 Å². The highest BCUT2D eigenvalue weighted by atomic mass is 79.9. The van der Waals surface area contributed by atoms with Crippen LogP contribution in [0.5, 0.6) is 5.75 Å². The van der Waals surface area contributed by atoms with Crippen LogP contribution in [-0.4, -0.2) is 21.3 Å². The number of carboxylic acid groups (broad SMARTS) is 1. The van der Waals surface area contributed by atoms with Crippen molar-refractivity contribution in [2.75, 3.05) is 0 Å². The molecule has 0 heterocycles. The molecular formula is C9H6BrF3O4. The number of halogens is 4. The number of carbonyl (C=O) groups is 1. The van der Waals surface area contributed by atoms with Gasteiger partial charge in [-0.15, -0.1) is 0 Å². The SMILES string of the molecule is O=C(O)C(O)c1cc(Br)c(O)cc1C(F)(F)F. The summed E-state index contributed by atoms with van der Waals surface area (Å²) in [6.45, 7) is 0. The van der Waals surface area contributed by atoms with Crippen molar-refractivity contribution in [3.63, 3.8) is 0 Å². The van der Waals surface area contributed by atoms with Crippen LogP contribution in [0.25, 0.3) is 0 Å². The molecule has 1 unspecified atom stereocenters. The molecule has 1 aromatic carbocycles.